The van der Waals surface area contributed by atoms with Crippen molar-refractivity contribution in [1.29, 1.82) is 0 Å². The van der Waals surface area contributed by atoms with Crippen molar-refractivity contribution in [2.45, 2.75) is 26.3 Å². The molecule has 1 heterocycles. The first-order valence-electron chi connectivity index (χ1n) is 5.59. The van der Waals surface area contributed by atoms with Crippen molar-refractivity contribution in [3.05, 3.63) is 35.4 Å². The molecule has 0 fully saturated rings. The summed E-state index contributed by atoms with van der Waals surface area (Å²) in [6.07, 6.45) is 1.67. The lowest BCUT2D eigenvalue weighted by atomic mass is 10.1. The highest BCUT2D eigenvalue weighted by Crippen LogP contribution is 2.33. The monoisotopic (exact) mass is 267 g/mol. The molecule has 0 aliphatic heterocycles. The van der Waals surface area contributed by atoms with Gasteiger partial charge in [-0.3, -0.25) is 0 Å². The molecule has 0 amide bonds. The molecule has 2 aromatic rings. The van der Waals surface area contributed by atoms with Gasteiger partial charge in [0.15, 0.2) is 0 Å². The zero-order valence-electron chi connectivity index (χ0n) is 10.5. The third kappa shape index (κ3) is 2.20. The van der Waals surface area contributed by atoms with E-state index in [4.69, 9.17) is 17.3 Å². The number of halogens is 2. The van der Waals surface area contributed by atoms with Crippen molar-refractivity contribution in [3.63, 3.8) is 0 Å². The number of benzene rings is 1. The molecular weight excluding hydrogens is 253 g/mol. The lowest BCUT2D eigenvalue weighted by molar-refractivity contribution is 0.402. The van der Waals surface area contributed by atoms with E-state index in [0.29, 0.717) is 22.1 Å². The van der Waals surface area contributed by atoms with Gasteiger partial charge >= 0.3 is 0 Å². The maximum Gasteiger partial charge on any atom is 0.132 e. The molecule has 0 saturated carbocycles. The molecule has 0 spiro atoms. The van der Waals surface area contributed by atoms with Crippen LogP contribution in [-0.2, 0) is 5.54 Å². The minimum absolute atomic E-state index is 0.165. The Balaban J connectivity index is 2.56. The van der Waals surface area contributed by atoms with Crippen molar-refractivity contribution in [1.82, 2.24) is 9.55 Å². The van der Waals surface area contributed by atoms with E-state index < -0.39 is 0 Å². The molecule has 1 aromatic carbocycles. The molecule has 0 atom stereocenters. The van der Waals surface area contributed by atoms with Gasteiger partial charge in [0.05, 0.1) is 11.3 Å². The molecule has 0 saturated heterocycles. The fourth-order valence-electron chi connectivity index (χ4n) is 1.78. The molecule has 96 valence electrons. The summed E-state index contributed by atoms with van der Waals surface area (Å²) in [6.45, 7) is 6.09. The number of nitrogens with zero attached hydrogens (tertiary/aromatic N) is 2. The molecule has 1 aromatic heterocycles. The van der Waals surface area contributed by atoms with Crippen LogP contribution in [0.2, 0.25) is 5.02 Å². The van der Waals surface area contributed by atoms with Crippen LogP contribution in [0.5, 0.6) is 0 Å². The molecule has 2 N–H and O–H groups in total. The molecule has 0 bridgehead atoms. The van der Waals surface area contributed by atoms with Crippen LogP contribution >= 0.6 is 11.6 Å². The standard InChI is InChI=1S/C13H15ClFN3/c1-13(2,3)18-7-17-11(12(18)16)9-5-4-8(15)6-10(9)14/h4-7H,16H2,1-3H3. The first kappa shape index (κ1) is 12.9. The summed E-state index contributed by atoms with van der Waals surface area (Å²) in [5.41, 5.74) is 7.13. The molecule has 0 aliphatic carbocycles. The predicted octanol–water partition coefficient (Wildman–Crippen LogP) is 3.68. The van der Waals surface area contributed by atoms with E-state index in [0.717, 1.165) is 0 Å². The van der Waals surface area contributed by atoms with E-state index in [1.165, 1.54) is 12.1 Å². The second-order valence-electron chi connectivity index (χ2n) is 5.14. The Hall–Kier alpha value is -1.55. The summed E-state index contributed by atoms with van der Waals surface area (Å²) in [7, 11) is 0. The third-order valence-corrected chi connectivity index (χ3v) is 3.03. The maximum absolute atomic E-state index is 13.0. The fraction of sp³-hybridized carbons (Fsp3) is 0.308. The highest BCUT2D eigenvalue weighted by Gasteiger charge is 2.20. The SMILES string of the molecule is CC(C)(C)n1cnc(-c2ccc(F)cc2Cl)c1N. The zero-order chi connectivity index (χ0) is 13.5. The molecule has 0 radical (unpaired) electrons. The van der Waals surface area contributed by atoms with E-state index in [1.807, 2.05) is 25.3 Å². The molecular formula is C13H15ClFN3. The molecule has 5 heteroatoms. The number of hydrogen-bond donors (Lipinski definition) is 1. The van der Waals surface area contributed by atoms with Gasteiger partial charge < -0.3 is 10.3 Å². The highest BCUT2D eigenvalue weighted by molar-refractivity contribution is 6.33. The first-order valence-corrected chi connectivity index (χ1v) is 5.97. The van der Waals surface area contributed by atoms with Gasteiger partial charge in [-0.15, -0.1) is 0 Å². The minimum atomic E-state index is -0.377. The molecule has 0 aliphatic rings. The smallest absolute Gasteiger partial charge is 0.132 e. The number of imidazole rings is 1. The van der Waals surface area contributed by atoms with Gasteiger partial charge in [0.2, 0.25) is 0 Å². The summed E-state index contributed by atoms with van der Waals surface area (Å²) in [5, 5.41) is 0.306. The minimum Gasteiger partial charge on any atom is -0.383 e. The Morgan fingerprint density at radius 1 is 1.33 bits per heavy atom. The normalized spacial score (nSPS) is 11.8. The van der Waals surface area contributed by atoms with Gasteiger partial charge in [-0.25, -0.2) is 9.37 Å². The maximum atomic E-state index is 13.0. The Bertz CT molecular complexity index is 584. The number of anilines is 1. The lowest BCUT2D eigenvalue weighted by Gasteiger charge is -2.22. The summed E-state index contributed by atoms with van der Waals surface area (Å²) in [6, 6.07) is 4.19. The largest absolute Gasteiger partial charge is 0.383 e. The topological polar surface area (TPSA) is 43.8 Å². The Morgan fingerprint density at radius 3 is 2.50 bits per heavy atom. The van der Waals surface area contributed by atoms with E-state index in [2.05, 4.69) is 4.98 Å². The summed E-state index contributed by atoms with van der Waals surface area (Å²) < 4.78 is 14.9. The van der Waals surface area contributed by atoms with E-state index >= 15 is 0 Å². The van der Waals surface area contributed by atoms with E-state index in [9.17, 15) is 4.39 Å². The number of rotatable bonds is 1. The number of aromatic nitrogens is 2. The summed E-state index contributed by atoms with van der Waals surface area (Å²) >= 11 is 6.01. The van der Waals surface area contributed by atoms with Crippen molar-refractivity contribution in [3.8, 4) is 11.3 Å². The summed E-state index contributed by atoms with van der Waals surface area (Å²) in [4.78, 5) is 4.27. The second kappa shape index (κ2) is 4.28. The van der Waals surface area contributed by atoms with Crippen LogP contribution in [0.3, 0.4) is 0 Å². The van der Waals surface area contributed by atoms with Crippen molar-refractivity contribution in [2.75, 3.05) is 5.73 Å². The number of hydrogen-bond acceptors (Lipinski definition) is 2. The highest BCUT2D eigenvalue weighted by atomic mass is 35.5. The van der Waals surface area contributed by atoms with Crippen molar-refractivity contribution < 1.29 is 4.39 Å². The van der Waals surface area contributed by atoms with Crippen molar-refractivity contribution >= 4 is 17.4 Å². The van der Waals surface area contributed by atoms with E-state index in [-0.39, 0.29) is 11.4 Å². The molecule has 18 heavy (non-hydrogen) atoms. The van der Waals surface area contributed by atoms with Gasteiger partial charge in [0, 0.05) is 11.1 Å². The fourth-order valence-corrected chi connectivity index (χ4v) is 2.04. The van der Waals surface area contributed by atoms with Crippen molar-refractivity contribution in [2.24, 2.45) is 0 Å². The van der Waals surface area contributed by atoms with Crippen LogP contribution in [0.1, 0.15) is 20.8 Å². The lowest BCUT2D eigenvalue weighted by Crippen LogP contribution is -2.22. The second-order valence-corrected chi connectivity index (χ2v) is 5.55. The average molecular weight is 268 g/mol. The zero-order valence-corrected chi connectivity index (χ0v) is 11.3. The summed E-state index contributed by atoms with van der Waals surface area (Å²) in [5.74, 6) is 0.147. The van der Waals surface area contributed by atoms with Gasteiger partial charge in [-0.05, 0) is 39.0 Å². The Morgan fingerprint density at radius 2 is 2.00 bits per heavy atom. The van der Waals surface area contributed by atoms with Gasteiger partial charge in [-0.2, -0.15) is 0 Å². The van der Waals surface area contributed by atoms with Crippen LogP contribution in [0.4, 0.5) is 10.2 Å². The Labute approximate surface area is 110 Å². The van der Waals surface area contributed by atoms with Gasteiger partial charge in [0.1, 0.15) is 17.3 Å². The molecule has 0 unspecified atom stereocenters. The van der Waals surface area contributed by atoms with Crippen LogP contribution in [0, 0.1) is 5.82 Å². The number of nitrogen functional groups attached to an aromatic ring is 1. The van der Waals surface area contributed by atoms with Crippen LogP contribution < -0.4 is 5.73 Å². The molecule has 3 nitrogen and oxygen atoms in total. The molecule has 2 rings (SSSR count). The third-order valence-electron chi connectivity index (χ3n) is 2.71. The first-order chi connectivity index (χ1) is 8.30. The number of nitrogens with two attached hydrogens (primary N) is 1. The quantitative estimate of drug-likeness (QED) is 0.857. The predicted molar refractivity (Wildman–Crippen MR) is 72.0 cm³/mol. The van der Waals surface area contributed by atoms with E-state index in [1.54, 1.807) is 12.4 Å². The average Bonchev–Trinajstić information content (AvgIpc) is 2.60. The van der Waals surface area contributed by atoms with Gasteiger partial charge in [-0.1, -0.05) is 11.6 Å². The van der Waals surface area contributed by atoms with Crippen LogP contribution in [0.25, 0.3) is 11.3 Å². The van der Waals surface area contributed by atoms with Crippen LogP contribution in [-0.4, -0.2) is 9.55 Å². The van der Waals surface area contributed by atoms with Crippen LogP contribution in [0.15, 0.2) is 24.5 Å². The Kier molecular flexibility index (Phi) is 3.07. The van der Waals surface area contributed by atoms with Gasteiger partial charge in [0.25, 0.3) is 0 Å².